The number of guanidine groups is 1. The molecule has 0 amide bonds. The Balaban J connectivity index is 1.67. The van der Waals surface area contributed by atoms with Gasteiger partial charge in [0.2, 0.25) is 0 Å². The lowest BCUT2D eigenvalue weighted by Crippen LogP contribution is -2.35. The molecule has 50 heavy (non-hydrogen) atoms. The number of hydrogen-bond acceptors (Lipinski definition) is 8. The minimum atomic E-state index is -0.762. The summed E-state index contributed by atoms with van der Waals surface area (Å²) in [6.45, 7) is 9.55. The summed E-state index contributed by atoms with van der Waals surface area (Å²) in [5.41, 5.74) is 10.5. The minimum Gasteiger partial charge on any atom is -0.504 e. The van der Waals surface area contributed by atoms with Gasteiger partial charge in [0.15, 0.2) is 29.0 Å². The van der Waals surface area contributed by atoms with Crippen LogP contribution in [0.2, 0.25) is 0 Å². The number of methoxy groups -OCH3 is 1. The lowest BCUT2D eigenvalue weighted by atomic mass is 9.86. The van der Waals surface area contributed by atoms with Crippen LogP contribution in [0.1, 0.15) is 100.0 Å². The summed E-state index contributed by atoms with van der Waals surface area (Å²) in [5, 5.41) is 28.2. The van der Waals surface area contributed by atoms with E-state index in [1.54, 1.807) is 12.1 Å². The van der Waals surface area contributed by atoms with Gasteiger partial charge < -0.3 is 35.5 Å². The van der Waals surface area contributed by atoms with Crippen molar-refractivity contribution in [3.63, 3.8) is 0 Å². The third kappa shape index (κ3) is 11.6. The standard InChI is InChI=1S/C40H58N4O6/c1-5-6-7-8-19-42-26-50-37-31-10-9-11-34-29(14-17-36(47)38(34)48-4)12-15-32(45)23-33(46)16-13-30(22-31)35-21-28(25-49-39(35)37)18-20-43-40(41)44-24-27(2)3/h14,17,22,27-28,33,42,46-47H,5-8,10,12-13,15-16,18-21,23-26H2,1-4H3,(H3,41,43,44)/t28-,33-/m1/s1. The van der Waals surface area contributed by atoms with Gasteiger partial charge in [-0.15, -0.1) is 0 Å². The molecule has 2 atom stereocenters. The lowest BCUT2D eigenvalue weighted by molar-refractivity contribution is -0.121. The van der Waals surface area contributed by atoms with E-state index in [4.69, 9.17) is 19.9 Å². The fraction of sp³-hybridized carbons (Fsp3) is 0.600. The molecule has 1 aliphatic carbocycles. The highest BCUT2D eigenvalue weighted by atomic mass is 16.5. The Morgan fingerprint density at radius 1 is 1.10 bits per heavy atom. The number of Topliss-reactive ketones (excluding diaryl/α,β-unsaturated/α-hetero) is 1. The van der Waals surface area contributed by atoms with Crippen LogP contribution in [0.25, 0.3) is 0 Å². The highest BCUT2D eigenvalue weighted by Gasteiger charge is 2.28. The van der Waals surface area contributed by atoms with Crippen LogP contribution >= 0.6 is 0 Å². The Kier molecular flexibility index (Phi) is 15.6. The molecule has 0 saturated heterocycles. The predicted octanol–water partition coefficient (Wildman–Crippen LogP) is 5.20. The lowest BCUT2D eigenvalue weighted by Gasteiger charge is -2.30. The fourth-order valence-corrected chi connectivity index (χ4v) is 6.48. The van der Waals surface area contributed by atoms with E-state index in [0.717, 1.165) is 53.8 Å². The molecule has 1 heterocycles. The fourth-order valence-electron chi connectivity index (χ4n) is 6.48. The van der Waals surface area contributed by atoms with Crippen LogP contribution in [0.15, 0.2) is 23.2 Å². The zero-order valence-corrected chi connectivity index (χ0v) is 30.5. The molecule has 0 unspecified atom stereocenters. The van der Waals surface area contributed by atoms with Crippen molar-refractivity contribution in [3.8, 4) is 34.8 Å². The summed E-state index contributed by atoms with van der Waals surface area (Å²) in [6, 6.07) is 5.49. The van der Waals surface area contributed by atoms with Crippen molar-refractivity contribution in [3.05, 3.63) is 46.0 Å². The third-order valence-electron chi connectivity index (χ3n) is 9.28. The maximum absolute atomic E-state index is 12.9. The highest BCUT2D eigenvalue weighted by molar-refractivity contribution is 5.79. The molecular formula is C40H58N4O6. The van der Waals surface area contributed by atoms with E-state index in [1.807, 2.05) is 0 Å². The Labute approximate surface area is 298 Å². The number of nitrogens with two attached hydrogens (primary N) is 1. The number of hydrogen-bond donors (Lipinski definition) is 5. The molecule has 4 rings (SSSR count). The van der Waals surface area contributed by atoms with Gasteiger partial charge in [0.05, 0.1) is 25.4 Å². The van der Waals surface area contributed by atoms with E-state index < -0.39 is 6.10 Å². The third-order valence-corrected chi connectivity index (χ3v) is 9.28. The van der Waals surface area contributed by atoms with Gasteiger partial charge in [0.25, 0.3) is 0 Å². The number of nitrogens with one attached hydrogen (secondary N) is 2. The molecule has 2 aromatic carbocycles. The van der Waals surface area contributed by atoms with E-state index in [1.165, 1.54) is 26.4 Å². The van der Waals surface area contributed by atoms with Crippen LogP contribution in [0.5, 0.6) is 23.0 Å². The van der Waals surface area contributed by atoms with Crippen molar-refractivity contribution in [2.75, 3.05) is 40.1 Å². The van der Waals surface area contributed by atoms with Crippen molar-refractivity contribution in [1.29, 1.82) is 0 Å². The number of ether oxygens (including phenoxy) is 3. The average Bonchev–Trinajstić information content (AvgIpc) is 3.09. The van der Waals surface area contributed by atoms with E-state index >= 15 is 0 Å². The maximum Gasteiger partial charge on any atom is 0.188 e. The number of unbranched alkanes of at least 4 members (excludes halogenated alkanes) is 3. The van der Waals surface area contributed by atoms with Crippen molar-refractivity contribution in [2.45, 2.75) is 104 Å². The smallest absolute Gasteiger partial charge is 0.188 e. The van der Waals surface area contributed by atoms with Gasteiger partial charge in [-0.2, -0.15) is 0 Å². The first-order chi connectivity index (χ1) is 24.2. The highest BCUT2D eigenvalue weighted by Crippen LogP contribution is 2.43. The Bertz CT molecular complexity index is 1510. The topological polar surface area (TPSA) is 148 Å². The van der Waals surface area contributed by atoms with Gasteiger partial charge in [-0.1, -0.05) is 64.0 Å². The van der Waals surface area contributed by atoms with Gasteiger partial charge >= 0.3 is 0 Å². The molecule has 2 bridgehead atoms. The van der Waals surface area contributed by atoms with Gasteiger partial charge in [-0.05, 0) is 74.1 Å². The second kappa shape index (κ2) is 20.0. The number of aliphatic hydroxyl groups is 1. The summed E-state index contributed by atoms with van der Waals surface area (Å²) in [5.74, 6) is 9.41. The molecule has 2 aromatic rings. The number of phenolic OH excluding ortho intramolecular Hbond substituents is 1. The van der Waals surface area contributed by atoms with Gasteiger partial charge in [-0.3, -0.25) is 15.1 Å². The van der Waals surface area contributed by atoms with Crippen LogP contribution in [-0.2, 0) is 30.5 Å². The van der Waals surface area contributed by atoms with Crippen LogP contribution in [0.3, 0.4) is 0 Å². The molecule has 10 heteroatoms. The molecule has 2 aliphatic rings. The number of nitrogens with zero attached hydrogens (tertiary/aromatic N) is 1. The van der Waals surface area contributed by atoms with Crippen LogP contribution in [-0.4, -0.2) is 68.1 Å². The van der Waals surface area contributed by atoms with Crippen molar-refractivity contribution < 1.29 is 29.2 Å². The Morgan fingerprint density at radius 2 is 1.94 bits per heavy atom. The Morgan fingerprint density at radius 3 is 2.72 bits per heavy atom. The molecule has 0 fully saturated rings. The number of aryl methyl sites for hydroxylation is 2. The van der Waals surface area contributed by atoms with Crippen LogP contribution < -0.4 is 30.6 Å². The number of benzene rings is 2. The largest absolute Gasteiger partial charge is 0.504 e. The second-order valence-electron chi connectivity index (χ2n) is 14.0. The maximum atomic E-state index is 12.9. The molecule has 0 aromatic heterocycles. The van der Waals surface area contributed by atoms with Crippen LogP contribution in [0.4, 0.5) is 0 Å². The molecule has 0 saturated carbocycles. The number of fused-ring (bicyclic) bond motifs is 5. The summed E-state index contributed by atoms with van der Waals surface area (Å²) in [7, 11) is 1.50. The molecule has 274 valence electrons. The summed E-state index contributed by atoms with van der Waals surface area (Å²) in [6.07, 6.45) is 7.77. The van der Waals surface area contributed by atoms with Crippen molar-refractivity contribution in [1.82, 2.24) is 10.6 Å². The molecule has 6 N–H and O–H groups in total. The van der Waals surface area contributed by atoms with E-state index in [2.05, 4.69) is 54.3 Å². The van der Waals surface area contributed by atoms with Gasteiger partial charge in [0, 0.05) is 43.5 Å². The Hall–Kier alpha value is -3.94. The van der Waals surface area contributed by atoms with Crippen molar-refractivity contribution >= 4 is 11.7 Å². The van der Waals surface area contributed by atoms with Gasteiger partial charge in [0.1, 0.15) is 12.5 Å². The molecule has 1 aliphatic heterocycles. The minimum absolute atomic E-state index is 0.00556. The zero-order chi connectivity index (χ0) is 35.9. The molecule has 0 radical (unpaired) electrons. The number of phenols is 1. The zero-order valence-electron chi connectivity index (χ0n) is 30.5. The van der Waals surface area contributed by atoms with E-state index in [9.17, 15) is 15.0 Å². The van der Waals surface area contributed by atoms with E-state index in [0.29, 0.717) is 81.1 Å². The second-order valence-corrected chi connectivity index (χ2v) is 14.0. The number of ketones is 1. The molecular weight excluding hydrogens is 632 g/mol. The number of aromatic hydroxyl groups is 1. The van der Waals surface area contributed by atoms with E-state index in [-0.39, 0.29) is 30.3 Å². The molecule has 10 nitrogen and oxygen atoms in total. The first kappa shape index (κ1) is 38.9. The average molecular weight is 691 g/mol. The quantitative estimate of drug-likeness (QED) is 0.0593. The number of carbonyl (C=O) groups excluding carboxylic acids is 1. The van der Waals surface area contributed by atoms with Crippen molar-refractivity contribution in [2.24, 2.45) is 22.6 Å². The number of rotatable bonds is 14. The number of carbonyl (C=O) groups is 1. The SMILES string of the molecule is CCCCCCNCOc1c2cc(c3c1OC[C@H](CCNC(N)=NCC(C)C)C3)CC[C@@H](O)CC(=O)CCc1ccc(O)c(OC)c1C#CC2. The normalized spacial score (nSPS) is 18.1. The predicted molar refractivity (Wildman–Crippen MR) is 198 cm³/mol. The number of aliphatic hydroxyl groups excluding tert-OH is 1. The van der Waals surface area contributed by atoms with Gasteiger partial charge in [-0.25, -0.2) is 0 Å². The summed E-state index contributed by atoms with van der Waals surface area (Å²) < 4.78 is 18.6. The summed E-state index contributed by atoms with van der Waals surface area (Å²) in [4.78, 5) is 17.4. The first-order valence-electron chi connectivity index (χ1n) is 18.4. The summed E-state index contributed by atoms with van der Waals surface area (Å²) >= 11 is 0. The van der Waals surface area contributed by atoms with Crippen LogP contribution in [0, 0.1) is 23.7 Å². The number of aliphatic imine (C=N–C) groups is 1. The monoisotopic (exact) mass is 690 g/mol. The molecule has 0 spiro atoms. The first-order valence-corrected chi connectivity index (χ1v) is 18.4.